The quantitative estimate of drug-likeness (QED) is 0.888. The summed E-state index contributed by atoms with van der Waals surface area (Å²) in [6.07, 6.45) is 1.39. The van der Waals surface area contributed by atoms with E-state index in [-0.39, 0.29) is 0 Å². The topological polar surface area (TPSA) is 21.3 Å². The van der Waals surface area contributed by atoms with Crippen LogP contribution in [0.4, 0.5) is 0 Å². The molecule has 1 saturated heterocycles. The highest BCUT2D eigenvalue weighted by atomic mass is 16.5. The molecule has 3 rings (SSSR count). The highest BCUT2D eigenvalue weighted by Crippen LogP contribution is 2.30. The molecule has 2 nitrogen and oxygen atoms in total. The third-order valence-corrected chi connectivity index (χ3v) is 3.28. The number of benzene rings is 2. The van der Waals surface area contributed by atoms with Crippen molar-refractivity contribution in [3.8, 4) is 16.9 Å². The Morgan fingerprint density at radius 3 is 2.50 bits per heavy atom. The number of para-hydroxylation sites is 1. The molecule has 0 spiro atoms. The first kappa shape index (κ1) is 11.3. The van der Waals surface area contributed by atoms with Crippen molar-refractivity contribution in [1.29, 1.82) is 0 Å². The van der Waals surface area contributed by atoms with Crippen molar-refractivity contribution < 1.29 is 4.74 Å². The zero-order chi connectivity index (χ0) is 12.2. The first-order valence-corrected chi connectivity index (χ1v) is 6.45. The van der Waals surface area contributed by atoms with Gasteiger partial charge in [-0.25, -0.2) is 0 Å². The Morgan fingerprint density at radius 2 is 1.72 bits per heavy atom. The third-order valence-electron chi connectivity index (χ3n) is 3.28. The molecule has 0 radical (unpaired) electrons. The second-order valence-corrected chi connectivity index (χ2v) is 4.59. The zero-order valence-corrected chi connectivity index (χ0v) is 10.3. The van der Waals surface area contributed by atoms with Crippen LogP contribution in [-0.2, 0) is 0 Å². The summed E-state index contributed by atoms with van der Waals surface area (Å²) in [6, 6.07) is 18.7. The van der Waals surface area contributed by atoms with Gasteiger partial charge in [-0.3, -0.25) is 0 Å². The highest BCUT2D eigenvalue weighted by Gasteiger charge is 2.17. The van der Waals surface area contributed by atoms with Crippen LogP contribution in [0.3, 0.4) is 0 Å². The molecule has 0 unspecified atom stereocenters. The smallest absolute Gasteiger partial charge is 0.127 e. The van der Waals surface area contributed by atoms with E-state index in [4.69, 9.17) is 4.74 Å². The fourth-order valence-corrected chi connectivity index (χ4v) is 2.33. The fourth-order valence-electron chi connectivity index (χ4n) is 2.33. The first-order chi connectivity index (χ1) is 8.93. The monoisotopic (exact) mass is 239 g/mol. The van der Waals surface area contributed by atoms with E-state index in [1.807, 2.05) is 12.1 Å². The summed E-state index contributed by atoms with van der Waals surface area (Å²) in [7, 11) is 0. The normalized spacial score (nSPS) is 18.8. The van der Waals surface area contributed by atoms with E-state index in [1.54, 1.807) is 0 Å². The van der Waals surface area contributed by atoms with Crippen LogP contribution in [0.5, 0.6) is 5.75 Å². The van der Waals surface area contributed by atoms with Crippen molar-refractivity contribution in [2.45, 2.75) is 12.5 Å². The Morgan fingerprint density at radius 1 is 0.944 bits per heavy atom. The van der Waals surface area contributed by atoms with Gasteiger partial charge >= 0.3 is 0 Å². The molecule has 1 aliphatic rings. The van der Waals surface area contributed by atoms with Crippen molar-refractivity contribution in [3.63, 3.8) is 0 Å². The molecule has 1 N–H and O–H groups in total. The van der Waals surface area contributed by atoms with Crippen molar-refractivity contribution in [1.82, 2.24) is 5.32 Å². The van der Waals surface area contributed by atoms with Gasteiger partial charge in [0.05, 0.1) is 0 Å². The molecule has 0 bridgehead atoms. The van der Waals surface area contributed by atoms with Gasteiger partial charge in [-0.05, 0) is 24.6 Å². The second kappa shape index (κ2) is 5.23. The minimum atomic E-state index is 0.301. The maximum absolute atomic E-state index is 6.10. The van der Waals surface area contributed by atoms with Crippen LogP contribution < -0.4 is 10.1 Å². The summed E-state index contributed by atoms with van der Waals surface area (Å²) in [4.78, 5) is 0. The fraction of sp³-hybridized carbons (Fsp3) is 0.250. The van der Waals surface area contributed by atoms with Gasteiger partial charge in [-0.15, -0.1) is 0 Å². The summed E-state index contributed by atoms with van der Waals surface area (Å²) >= 11 is 0. The number of hydrogen-bond donors (Lipinski definition) is 1. The standard InChI is InChI=1S/C16H17NO/c1-2-6-13(7-3-1)15-8-4-5-9-16(15)18-14-10-11-17-12-14/h1-9,14,17H,10-12H2/t14-/m1/s1. The molecule has 2 heteroatoms. The Labute approximate surface area is 108 Å². The minimum Gasteiger partial charge on any atom is -0.488 e. The number of nitrogens with one attached hydrogen (secondary N) is 1. The first-order valence-electron chi connectivity index (χ1n) is 6.45. The summed E-state index contributed by atoms with van der Waals surface area (Å²) in [5, 5.41) is 3.33. The van der Waals surface area contributed by atoms with Gasteiger partial charge in [-0.2, -0.15) is 0 Å². The van der Waals surface area contributed by atoms with Crippen LogP contribution in [-0.4, -0.2) is 19.2 Å². The Balaban J connectivity index is 1.90. The Hall–Kier alpha value is -1.80. The molecule has 0 amide bonds. The van der Waals surface area contributed by atoms with Gasteiger partial charge in [-0.1, -0.05) is 48.5 Å². The van der Waals surface area contributed by atoms with Gasteiger partial charge in [0, 0.05) is 12.1 Å². The summed E-state index contributed by atoms with van der Waals surface area (Å²) in [6.45, 7) is 2.00. The molecule has 0 aliphatic carbocycles. The van der Waals surface area contributed by atoms with E-state index in [9.17, 15) is 0 Å². The Kier molecular flexibility index (Phi) is 3.29. The lowest BCUT2D eigenvalue weighted by Crippen LogP contribution is -2.19. The van der Waals surface area contributed by atoms with Gasteiger partial charge < -0.3 is 10.1 Å². The van der Waals surface area contributed by atoms with Crippen molar-refractivity contribution in [3.05, 3.63) is 54.6 Å². The maximum atomic E-state index is 6.10. The number of ether oxygens (including phenoxy) is 1. The summed E-state index contributed by atoms with van der Waals surface area (Å²) < 4.78 is 6.10. The number of hydrogen-bond acceptors (Lipinski definition) is 2. The largest absolute Gasteiger partial charge is 0.488 e. The molecule has 92 valence electrons. The van der Waals surface area contributed by atoms with Crippen LogP contribution in [0.2, 0.25) is 0 Å². The van der Waals surface area contributed by atoms with E-state index in [0.29, 0.717) is 6.10 Å². The van der Waals surface area contributed by atoms with Crippen LogP contribution in [0.25, 0.3) is 11.1 Å². The molecular formula is C16H17NO. The van der Waals surface area contributed by atoms with Crippen LogP contribution >= 0.6 is 0 Å². The minimum absolute atomic E-state index is 0.301. The molecular weight excluding hydrogens is 222 g/mol. The van der Waals surface area contributed by atoms with E-state index in [1.165, 1.54) is 11.1 Å². The Bertz CT molecular complexity index is 504. The van der Waals surface area contributed by atoms with E-state index in [2.05, 4.69) is 47.8 Å². The van der Waals surface area contributed by atoms with E-state index >= 15 is 0 Å². The SMILES string of the molecule is c1ccc(-c2ccccc2O[C@@H]2CCNC2)cc1. The molecule has 2 aromatic rings. The lowest BCUT2D eigenvalue weighted by Gasteiger charge is -2.16. The molecule has 1 heterocycles. The van der Waals surface area contributed by atoms with Crippen LogP contribution in [0, 0.1) is 0 Å². The molecule has 1 aliphatic heterocycles. The van der Waals surface area contributed by atoms with Gasteiger partial charge in [0.2, 0.25) is 0 Å². The predicted octanol–water partition coefficient (Wildman–Crippen LogP) is 3.09. The molecule has 1 fully saturated rings. The third kappa shape index (κ3) is 2.39. The van der Waals surface area contributed by atoms with Gasteiger partial charge in [0.25, 0.3) is 0 Å². The lowest BCUT2D eigenvalue weighted by atomic mass is 10.0. The molecule has 2 aromatic carbocycles. The van der Waals surface area contributed by atoms with Crippen molar-refractivity contribution >= 4 is 0 Å². The number of rotatable bonds is 3. The lowest BCUT2D eigenvalue weighted by molar-refractivity contribution is 0.224. The van der Waals surface area contributed by atoms with Gasteiger partial charge in [0.15, 0.2) is 0 Å². The highest BCUT2D eigenvalue weighted by molar-refractivity contribution is 5.70. The van der Waals surface area contributed by atoms with Crippen LogP contribution in [0.15, 0.2) is 54.6 Å². The predicted molar refractivity (Wildman–Crippen MR) is 73.8 cm³/mol. The van der Waals surface area contributed by atoms with Crippen molar-refractivity contribution in [2.24, 2.45) is 0 Å². The van der Waals surface area contributed by atoms with Crippen LogP contribution in [0.1, 0.15) is 6.42 Å². The zero-order valence-electron chi connectivity index (χ0n) is 10.3. The summed E-state index contributed by atoms with van der Waals surface area (Å²) in [5.41, 5.74) is 2.38. The second-order valence-electron chi connectivity index (χ2n) is 4.59. The molecule has 0 saturated carbocycles. The molecule has 1 atom stereocenters. The van der Waals surface area contributed by atoms with E-state index in [0.717, 1.165) is 25.3 Å². The molecule has 18 heavy (non-hydrogen) atoms. The average molecular weight is 239 g/mol. The van der Waals surface area contributed by atoms with Gasteiger partial charge in [0.1, 0.15) is 11.9 Å². The maximum Gasteiger partial charge on any atom is 0.127 e. The molecule has 0 aromatic heterocycles. The average Bonchev–Trinajstić information content (AvgIpc) is 2.93. The summed E-state index contributed by atoms with van der Waals surface area (Å²) in [5.74, 6) is 0.984. The van der Waals surface area contributed by atoms with E-state index < -0.39 is 0 Å². The van der Waals surface area contributed by atoms with Crippen molar-refractivity contribution in [2.75, 3.05) is 13.1 Å².